The molecule has 0 heterocycles. The standard InChI is InChI=1S/C16H23NO5/c1-11(18)13(14(19)20)17(15(21)22-16(2,3)4)10-12-8-6-5-7-9-12/h5-9,11,13,18H,10H2,1-4H3,(H,19,20)/t11-,13-/m0/s1. The minimum absolute atomic E-state index is 0.0393. The van der Waals surface area contributed by atoms with Crippen molar-refractivity contribution in [3.8, 4) is 0 Å². The molecule has 0 saturated heterocycles. The van der Waals surface area contributed by atoms with Gasteiger partial charge in [0.25, 0.3) is 0 Å². The molecule has 22 heavy (non-hydrogen) atoms. The summed E-state index contributed by atoms with van der Waals surface area (Å²) >= 11 is 0. The van der Waals surface area contributed by atoms with Crippen LogP contribution in [0.3, 0.4) is 0 Å². The topological polar surface area (TPSA) is 87.1 Å². The Hall–Kier alpha value is -2.08. The second-order valence-electron chi connectivity index (χ2n) is 6.12. The third-order valence-electron chi connectivity index (χ3n) is 2.87. The summed E-state index contributed by atoms with van der Waals surface area (Å²) in [5.41, 5.74) is -0.00594. The fourth-order valence-corrected chi connectivity index (χ4v) is 1.98. The number of carbonyl (C=O) groups excluding carboxylic acids is 1. The van der Waals surface area contributed by atoms with Gasteiger partial charge in [0.1, 0.15) is 5.60 Å². The molecule has 122 valence electrons. The van der Waals surface area contributed by atoms with Crippen LogP contribution in [0.2, 0.25) is 0 Å². The fraction of sp³-hybridized carbons (Fsp3) is 0.500. The number of carboxylic acids is 1. The summed E-state index contributed by atoms with van der Waals surface area (Å²) in [5, 5.41) is 19.1. The van der Waals surface area contributed by atoms with Crippen molar-refractivity contribution in [1.29, 1.82) is 0 Å². The smallest absolute Gasteiger partial charge is 0.411 e. The van der Waals surface area contributed by atoms with E-state index >= 15 is 0 Å². The molecule has 0 fully saturated rings. The lowest BCUT2D eigenvalue weighted by atomic mass is 10.1. The van der Waals surface area contributed by atoms with Gasteiger partial charge in [-0.1, -0.05) is 30.3 Å². The molecule has 1 aromatic carbocycles. The van der Waals surface area contributed by atoms with E-state index in [-0.39, 0.29) is 6.54 Å². The first kappa shape index (κ1) is 18.0. The number of rotatable bonds is 5. The minimum atomic E-state index is -1.38. The van der Waals surface area contributed by atoms with E-state index in [1.165, 1.54) is 6.92 Å². The van der Waals surface area contributed by atoms with Gasteiger partial charge in [0, 0.05) is 0 Å². The van der Waals surface area contributed by atoms with Crippen molar-refractivity contribution >= 4 is 12.1 Å². The van der Waals surface area contributed by atoms with Gasteiger partial charge in [-0.15, -0.1) is 0 Å². The van der Waals surface area contributed by atoms with Crippen LogP contribution in [0.4, 0.5) is 4.79 Å². The van der Waals surface area contributed by atoms with Gasteiger partial charge in [0.15, 0.2) is 6.04 Å². The monoisotopic (exact) mass is 309 g/mol. The average Bonchev–Trinajstić information content (AvgIpc) is 2.36. The number of carbonyl (C=O) groups is 2. The molecule has 0 radical (unpaired) electrons. The summed E-state index contributed by atoms with van der Waals surface area (Å²) in [6.45, 7) is 6.47. The van der Waals surface area contributed by atoms with Crippen LogP contribution < -0.4 is 0 Å². The molecule has 1 rings (SSSR count). The van der Waals surface area contributed by atoms with E-state index in [0.29, 0.717) is 0 Å². The van der Waals surface area contributed by atoms with Crippen molar-refractivity contribution < 1.29 is 24.5 Å². The molecule has 1 amide bonds. The average molecular weight is 309 g/mol. The van der Waals surface area contributed by atoms with Gasteiger partial charge in [0.2, 0.25) is 0 Å². The second kappa shape index (κ2) is 7.26. The molecule has 0 aliphatic heterocycles. The molecule has 0 aliphatic carbocycles. The lowest BCUT2D eigenvalue weighted by molar-refractivity contribution is -0.147. The van der Waals surface area contributed by atoms with Crippen LogP contribution >= 0.6 is 0 Å². The van der Waals surface area contributed by atoms with Gasteiger partial charge in [-0.05, 0) is 33.3 Å². The summed E-state index contributed by atoms with van der Waals surface area (Å²) in [4.78, 5) is 24.8. The van der Waals surface area contributed by atoms with Crippen LogP contribution in [0.15, 0.2) is 30.3 Å². The Kier molecular flexibility index (Phi) is 5.93. The van der Waals surface area contributed by atoms with Crippen LogP contribution in [0.25, 0.3) is 0 Å². The van der Waals surface area contributed by atoms with Crippen molar-refractivity contribution in [2.75, 3.05) is 0 Å². The molecule has 6 heteroatoms. The SMILES string of the molecule is C[C@H](O)[C@@H](C(=O)O)N(Cc1ccccc1)C(=O)OC(C)(C)C. The summed E-state index contributed by atoms with van der Waals surface area (Å²) in [5.74, 6) is -1.28. The Bertz CT molecular complexity index is 507. The van der Waals surface area contributed by atoms with Crippen LogP contribution in [-0.2, 0) is 16.1 Å². The molecular weight excluding hydrogens is 286 g/mol. The van der Waals surface area contributed by atoms with Gasteiger partial charge < -0.3 is 14.9 Å². The molecular formula is C16H23NO5. The first-order valence-corrected chi connectivity index (χ1v) is 7.06. The molecule has 0 saturated carbocycles. The number of aliphatic carboxylic acids is 1. The quantitative estimate of drug-likeness (QED) is 0.871. The van der Waals surface area contributed by atoms with Gasteiger partial charge in [-0.25, -0.2) is 9.59 Å². The molecule has 0 aliphatic rings. The molecule has 1 aromatic rings. The summed E-state index contributed by atoms with van der Waals surface area (Å²) < 4.78 is 5.27. The van der Waals surface area contributed by atoms with E-state index in [4.69, 9.17) is 4.74 Å². The van der Waals surface area contributed by atoms with Crippen molar-refractivity contribution in [1.82, 2.24) is 4.90 Å². The summed E-state index contributed by atoms with van der Waals surface area (Å²) in [6, 6.07) is 7.58. The molecule has 2 atom stereocenters. The number of benzene rings is 1. The van der Waals surface area contributed by atoms with E-state index in [0.717, 1.165) is 10.5 Å². The maximum Gasteiger partial charge on any atom is 0.411 e. The Labute approximate surface area is 130 Å². The third kappa shape index (κ3) is 5.37. The van der Waals surface area contributed by atoms with Crippen LogP contribution in [0.1, 0.15) is 33.3 Å². The van der Waals surface area contributed by atoms with Gasteiger partial charge >= 0.3 is 12.1 Å². The van der Waals surface area contributed by atoms with E-state index in [1.54, 1.807) is 45.0 Å². The van der Waals surface area contributed by atoms with Gasteiger partial charge in [-0.3, -0.25) is 4.90 Å². The number of amides is 1. The zero-order chi connectivity index (χ0) is 16.9. The number of carboxylic acid groups (broad SMARTS) is 1. The zero-order valence-electron chi connectivity index (χ0n) is 13.3. The Balaban J connectivity index is 3.08. The molecule has 0 unspecified atom stereocenters. The predicted molar refractivity (Wildman–Crippen MR) is 81.3 cm³/mol. The molecule has 0 bridgehead atoms. The van der Waals surface area contributed by atoms with Crippen molar-refractivity contribution in [2.24, 2.45) is 0 Å². The Morgan fingerprint density at radius 3 is 2.18 bits per heavy atom. The lowest BCUT2D eigenvalue weighted by Crippen LogP contribution is -2.51. The Morgan fingerprint density at radius 2 is 1.77 bits per heavy atom. The maximum atomic E-state index is 12.3. The summed E-state index contributed by atoms with van der Waals surface area (Å²) in [7, 11) is 0. The highest BCUT2D eigenvalue weighted by Crippen LogP contribution is 2.17. The number of hydrogen-bond donors (Lipinski definition) is 2. The molecule has 0 spiro atoms. The number of aliphatic hydroxyl groups is 1. The second-order valence-corrected chi connectivity index (χ2v) is 6.12. The number of aliphatic hydroxyl groups excluding tert-OH is 1. The molecule has 0 aromatic heterocycles. The zero-order valence-corrected chi connectivity index (χ0v) is 13.3. The predicted octanol–water partition coefficient (Wildman–Crippen LogP) is 2.26. The molecule has 6 nitrogen and oxygen atoms in total. The highest BCUT2D eigenvalue weighted by atomic mass is 16.6. The highest BCUT2D eigenvalue weighted by molar-refractivity contribution is 5.80. The summed E-state index contributed by atoms with van der Waals surface area (Å²) in [6.07, 6.45) is -2.00. The van der Waals surface area contributed by atoms with Crippen molar-refractivity contribution in [3.05, 3.63) is 35.9 Å². The first-order chi connectivity index (χ1) is 10.1. The fourth-order valence-electron chi connectivity index (χ4n) is 1.98. The van der Waals surface area contributed by atoms with Gasteiger partial charge in [-0.2, -0.15) is 0 Å². The van der Waals surface area contributed by atoms with E-state index in [9.17, 15) is 19.8 Å². The maximum absolute atomic E-state index is 12.3. The number of hydrogen-bond acceptors (Lipinski definition) is 4. The van der Waals surface area contributed by atoms with Crippen molar-refractivity contribution in [2.45, 2.75) is 52.0 Å². The first-order valence-electron chi connectivity index (χ1n) is 7.06. The van der Waals surface area contributed by atoms with Crippen LogP contribution in [-0.4, -0.2) is 44.9 Å². The largest absolute Gasteiger partial charge is 0.480 e. The highest BCUT2D eigenvalue weighted by Gasteiger charge is 2.36. The van der Waals surface area contributed by atoms with Crippen LogP contribution in [0, 0.1) is 0 Å². The van der Waals surface area contributed by atoms with E-state index in [2.05, 4.69) is 0 Å². The lowest BCUT2D eigenvalue weighted by Gasteiger charge is -2.32. The third-order valence-corrected chi connectivity index (χ3v) is 2.87. The van der Waals surface area contributed by atoms with E-state index in [1.807, 2.05) is 6.07 Å². The van der Waals surface area contributed by atoms with Gasteiger partial charge in [0.05, 0.1) is 12.6 Å². The van der Waals surface area contributed by atoms with E-state index < -0.39 is 29.8 Å². The number of nitrogens with zero attached hydrogens (tertiary/aromatic N) is 1. The molecule has 2 N–H and O–H groups in total. The van der Waals surface area contributed by atoms with Crippen molar-refractivity contribution in [3.63, 3.8) is 0 Å². The number of ether oxygens (including phenoxy) is 1. The van der Waals surface area contributed by atoms with Crippen LogP contribution in [0.5, 0.6) is 0 Å². The Morgan fingerprint density at radius 1 is 1.23 bits per heavy atom. The minimum Gasteiger partial charge on any atom is -0.480 e. The normalized spacial score (nSPS) is 14.0.